The molecule has 0 amide bonds. The average molecular weight is 294 g/mol. The van der Waals surface area contributed by atoms with Crippen LogP contribution in [-0.2, 0) is 9.53 Å². The topological polar surface area (TPSA) is 50.1 Å². The van der Waals surface area contributed by atoms with Gasteiger partial charge >= 0.3 is 0 Å². The summed E-state index contributed by atoms with van der Waals surface area (Å²) in [5.41, 5.74) is 0.757. The molecular formula is C13H12BrNO2. The Bertz CT molecular complexity index is 443. The zero-order valence-corrected chi connectivity index (χ0v) is 10.8. The van der Waals surface area contributed by atoms with E-state index in [-0.39, 0.29) is 11.7 Å². The Balaban J connectivity index is 2.18. The second kappa shape index (κ2) is 5.44. The molecule has 1 aromatic rings. The number of rotatable bonds is 3. The lowest BCUT2D eigenvalue weighted by Gasteiger charge is -2.12. The first-order chi connectivity index (χ1) is 8.22. The van der Waals surface area contributed by atoms with Gasteiger partial charge < -0.3 is 4.74 Å². The standard InChI is InChI=1S/C13H12BrNO2/c14-11-3-1-9(2-4-11)12(7-15)13(16)10-5-6-17-8-10/h1-4,10,12H,5-6,8H2. The summed E-state index contributed by atoms with van der Waals surface area (Å²) in [6, 6.07) is 9.41. The van der Waals surface area contributed by atoms with E-state index in [0.29, 0.717) is 13.2 Å². The molecule has 0 radical (unpaired) electrons. The van der Waals surface area contributed by atoms with Crippen molar-refractivity contribution in [2.75, 3.05) is 13.2 Å². The summed E-state index contributed by atoms with van der Waals surface area (Å²) in [6.45, 7) is 1.07. The Morgan fingerprint density at radius 2 is 2.18 bits per heavy atom. The van der Waals surface area contributed by atoms with Gasteiger partial charge in [-0.25, -0.2) is 0 Å². The molecule has 2 atom stereocenters. The number of benzene rings is 1. The molecule has 1 saturated heterocycles. The number of nitrogens with zero attached hydrogens (tertiary/aromatic N) is 1. The molecule has 0 N–H and O–H groups in total. The number of hydrogen-bond acceptors (Lipinski definition) is 3. The third-order valence-corrected chi connectivity index (χ3v) is 3.48. The number of ketones is 1. The van der Waals surface area contributed by atoms with E-state index in [2.05, 4.69) is 22.0 Å². The van der Waals surface area contributed by atoms with Crippen molar-refractivity contribution in [1.29, 1.82) is 5.26 Å². The second-order valence-electron chi connectivity index (χ2n) is 4.08. The third kappa shape index (κ3) is 2.74. The molecule has 0 saturated carbocycles. The van der Waals surface area contributed by atoms with Gasteiger partial charge in [-0.05, 0) is 24.1 Å². The van der Waals surface area contributed by atoms with E-state index in [1.807, 2.05) is 24.3 Å². The smallest absolute Gasteiger partial charge is 0.159 e. The van der Waals surface area contributed by atoms with Crippen LogP contribution >= 0.6 is 15.9 Å². The zero-order valence-electron chi connectivity index (χ0n) is 9.23. The molecule has 2 unspecified atom stereocenters. The summed E-state index contributed by atoms with van der Waals surface area (Å²) in [6.07, 6.45) is 0.730. The third-order valence-electron chi connectivity index (χ3n) is 2.95. The predicted octanol–water partition coefficient (Wildman–Crippen LogP) is 2.66. The van der Waals surface area contributed by atoms with E-state index < -0.39 is 5.92 Å². The van der Waals surface area contributed by atoms with Crippen LogP contribution in [0.3, 0.4) is 0 Å². The highest BCUT2D eigenvalue weighted by Gasteiger charge is 2.30. The van der Waals surface area contributed by atoms with Crippen molar-refractivity contribution in [2.24, 2.45) is 5.92 Å². The fourth-order valence-corrected chi connectivity index (χ4v) is 2.22. The number of halogens is 1. The molecule has 3 nitrogen and oxygen atoms in total. The number of hydrogen-bond donors (Lipinski definition) is 0. The monoisotopic (exact) mass is 293 g/mol. The van der Waals surface area contributed by atoms with Crippen molar-refractivity contribution < 1.29 is 9.53 Å². The molecule has 1 aromatic carbocycles. The number of carbonyl (C=O) groups excluding carboxylic acids is 1. The van der Waals surface area contributed by atoms with Crippen LogP contribution in [0.2, 0.25) is 0 Å². The molecule has 0 aliphatic carbocycles. The van der Waals surface area contributed by atoms with E-state index >= 15 is 0 Å². The highest BCUT2D eigenvalue weighted by molar-refractivity contribution is 9.10. The van der Waals surface area contributed by atoms with Gasteiger partial charge in [0.25, 0.3) is 0 Å². The van der Waals surface area contributed by atoms with Gasteiger partial charge in [-0.1, -0.05) is 28.1 Å². The second-order valence-corrected chi connectivity index (χ2v) is 4.99. The number of carbonyl (C=O) groups is 1. The number of ether oxygens (including phenoxy) is 1. The van der Waals surface area contributed by atoms with Crippen LogP contribution < -0.4 is 0 Å². The summed E-state index contributed by atoms with van der Waals surface area (Å²) in [5.74, 6) is -0.814. The minimum Gasteiger partial charge on any atom is -0.381 e. The molecule has 88 valence electrons. The van der Waals surface area contributed by atoms with Crippen LogP contribution in [0.1, 0.15) is 17.9 Å². The Hall–Kier alpha value is -1.18. The molecule has 0 spiro atoms. The molecule has 1 aliphatic heterocycles. The van der Waals surface area contributed by atoms with E-state index in [0.717, 1.165) is 16.5 Å². The molecule has 1 aliphatic rings. The molecule has 1 fully saturated rings. The number of nitriles is 1. The summed E-state index contributed by atoms with van der Waals surface area (Å²) >= 11 is 3.33. The van der Waals surface area contributed by atoms with Crippen LogP contribution in [0.15, 0.2) is 28.7 Å². The maximum atomic E-state index is 12.1. The maximum absolute atomic E-state index is 12.1. The van der Waals surface area contributed by atoms with Crippen molar-refractivity contribution in [3.8, 4) is 6.07 Å². The molecule has 0 aromatic heterocycles. The van der Waals surface area contributed by atoms with Crippen molar-refractivity contribution in [3.05, 3.63) is 34.3 Å². The van der Waals surface area contributed by atoms with E-state index in [1.165, 1.54) is 0 Å². The molecule has 1 heterocycles. The first-order valence-corrected chi connectivity index (χ1v) is 6.28. The predicted molar refractivity (Wildman–Crippen MR) is 66.4 cm³/mol. The van der Waals surface area contributed by atoms with Gasteiger partial charge in [-0.15, -0.1) is 0 Å². The minimum absolute atomic E-state index is 0.0210. The van der Waals surface area contributed by atoms with Gasteiger partial charge in [0.05, 0.1) is 12.7 Å². The fraction of sp³-hybridized carbons (Fsp3) is 0.385. The van der Waals surface area contributed by atoms with E-state index in [9.17, 15) is 4.79 Å². The van der Waals surface area contributed by atoms with Gasteiger partial charge in [0.15, 0.2) is 5.78 Å². The van der Waals surface area contributed by atoms with Crippen LogP contribution in [0.5, 0.6) is 0 Å². The molecule has 17 heavy (non-hydrogen) atoms. The van der Waals surface area contributed by atoms with E-state index in [4.69, 9.17) is 10.00 Å². The summed E-state index contributed by atoms with van der Waals surface area (Å²) in [4.78, 5) is 12.1. The maximum Gasteiger partial charge on any atom is 0.159 e. The summed E-state index contributed by atoms with van der Waals surface area (Å²) in [5, 5.41) is 9.16. The van der Waals surface area contributed by atoms with Crippen LogP contribution in [0.4, 0.5) is 0 Å². The lowest BCUT2D eigenvalue weighted by atomic mass is 9.88. The first-order valence-electron chi connectivity index (χ1n) is 5.49. The average Bonchev–Trinajstić information content (AvgIpc) is 2.86. The van der Waals surface area contributed by atoms with Crippen molar-refractivity contribution in [1.82, 2.24) is 0 Å². The van der Waals surface area contributed by atoms with Crippen molar-refractivity contribution >= 4 is 21.7 Å². The fourth-order valence-electron chi connectivity index (χ4n) is 1.95. The van der Waals surface area contributed by atoms with Gasteiger partial charge in [0, 0.05) is 17.0 Å². The Kier molecular flexibility index (Phi) is 3.93. The minimum atomic E-state index is -0.671. The van der Waals surface area contributed by atoms with Crippen molar-refractivity contribution in [2.45, 2.75) is 12.3 Å². The highest BCUT2D eigenvalue weighted by Crippen LogP contribution is 2.25. The van der Waals surface area contributed by atoms with Crippen LogP contribution in [0, 0.1) is 17.2 Å². The first kappa shape index (κ1) is 12.3. The Labute approximate surface area is 109 Å². The normalized spacial score (nSPS) is 20.8. The summed E-state index contributed by atoms with van der Waals surface area (Å²) in [7, 11) is 0. The Morgan fingerprint density at radius 3 is 2.71 bits per heavy atom. The SMILES string of the molecule is N#CC(C(=O)C1CCOC1)c1ccc(Br)cc1. The van der Waals surface area contributed by atoms with Crippen LogP contribution in [-0.4, -0.2) is 19.0 Å². The molecule has 0 bridgehead atoms. The molecule has 4 heteroatoms. The lowest BCUT2D eigenvalue weighted by Crippen LogP contribution is -2.21. The zero-order chi connectivity index (χ0) is 12.3. The lowest BCUT2D eigenvalue weighted by molar-refractivity contribution is -0.123. The largest absolute Gasteiger partial charge is 0.381 e. The van der Waals surface area contributed by atoms with Gasteiger partial charge in [0.1, 0.15) is 5.92 Å². The molecule has 2 rings (SSSR count). The highest BCUT2D eigenvalue weighted by atomic mass is 79.9. The van der Waals surface area contributed by atoms with Crippen molar-refractivity contribution in [3.63, 3.8) is 0 Å². The molecular weight excluding hydrogens is 282 g/mol. The summed E-state index contributed by atoms with van der Waals surface area (Å²) < 4.78 is 6.13. The quantitative estimate of drug-likeness (QED) is 0.861. The van der Waals surface area contributed by atoms with E-state index in [1.54, 1.807) is 0 Å². The van der Waals surface area contributed by atoms with Crippen LogP contribution in [0.25, 0.3) is 0 Å². The Morgan fingerprint density at radius 1 is 1.47 bits per heavy atom. The van der Waals surface area contributed by atoms with Gasteiger partial charge in [0.2, 0.25) is 0 Å². The number of Topliss-reactive ketones (excluding diaryl/α,β-unsaturated/α-hetero) is 1. The van der Waals surface area contributed by atoms with Gasteiger partial charge in [-0.2, -0.15) is 5.26 Å². The van der Waals surface area contributed by atoms with Gasteiger partial charge in [-0.3, -0.25) is 4.79 Å².